The summed E-state index contributed by atoms with van der Waals surface area (Å²) >= 11 is 4.90. The molecule has 1 aromatic carbocycles. The number of fused-ring (bicyclic) bond motifs is 1. The van der Waals surface area contributed by atoms with Gasteiger partial charge in [0.05, 0.1) is 11.3 Å². The van der Waals surface area contributed by atoms with Gasteiger partial charge in [-0.3, -0.25) is 5.43 Å². The van der Waals surface area contributed by atoms with E-state index in [1.54, 1.807) is 26.1 Å². The fourth-order valence-electron chi connectivity index (χ4n) is 1.56. The Kier molecular flexibility index (Phi) is 3.91. The van der Waals surface area contributed by atoms with Crippen molar-refractivity contribution in [3.8, 4) is 0 Å². The first-order valence-corrected chi connectivity index (χ1v) is 6.08. The third kappa shape index (κ3) is 2.97. The minimum atomic E-state index is -0.419. The Bertz CT molecular complexity index is 706. The summed E-state index contributed by atoms with van der Waals surface area (Å²) in [6, 6.07) is 9.08. The normalized spacial score (nSPS) is 11.4. The van der Waals surface area contributed by atoms with Crippen molar-refractivity contribution < 1.29 is 4.42 Å². The van der Waals surface area contributed by atoms with E-state index in [4.69, 9.17) is 16.6 Å². The first-order chi connectivity index (χ1) is 9.11. The second kappa shape index (κ2) is 5.62. The average Bonchev–Trinajstić information content (AvgIpc) is 2.43. The van der Waals surface area contributed by atoms with Crippen LogP contribution < -0.4 is 16.4 Å². The number of para-hydroxylation sites is 1. The molecule has 0 aliphatic heterocycles. The molecule has 2 aromatic rings. The lowest BCUT2D eigenvalue weighted by Crippen LogP contribution is -2.29. The number of thiocarbonyl (C=S) groups is 1. The minimum Gasteiger partial charge on any atom is -0.422 e. The van der Waals surface area contributed by atoms with E-state index in [1.165, 1.54) is 0 Å². The molecular weight excluding hydrogens is 262 g/mol. The average molecular weight is 275 g/mol. The van der Waals surface area contributed by atoms with Crippen LogP contribution in [0.3, 0.4) is 0 Å². The summed E-state index contributed by atoms with van der Waals surface area (Å²) in [6.07, 6.45) is 0. The van der Waals surface area contributed by atoms with Crippen molar-refractivity contribution in [1.29, 1.82) is 0 Å². The molecule has 0 fully saturated rings. The number of nitrogens with zero attached hydrogens (tertiary/aromatic N) is 1. The predicted molar refractivity (Wildman–Crippen MR) is 79.5 cm³/mol. The van der Waals surface area contributed by atoms with Gasteiger partial charge in [0.15, 0.2) is 5.11 Å². The van der Waals surface area contributed by atoms with Crippen molar-refractivity contribution >= 4 is 34.0 Å². The van der Waals surface area contributed by atoms with Gasteiger partial charge in [-0.1, -0.05) is 18.2 Å². The number of hydrazone groups is 1. The van der Waals surface area contributed by atoms with E-state index in [0.717, 1.165) is 5.39 Å². The lowest BCUT2D eigenvalue weighted by molar-refractivity contribution is 0.559. The molecule has 0 radical (unpaired) electrons. The van der Waals surface area contributed by atoms with E-state index in [9.17, 15) is 4.79 Å². The van der Waals surface area contributed by atoms with Gasteiger partial charge < -0.3 is 9.73 Å². The Hall–Kier alpha value is -2.21. The first kappa shape index (κ1) is 13.2. The van der Waals surface area contributed by atoms with Gasteiger partial charge in [-0.05, 0) is 31.3 Å². The third-order valence-electron chi connectivity index (χ3n) is 2.58. The van der Waals surface area contributed by atoms with Gasteiger partial charge in [0.25, 0.3) is 0 Å². The van der Waals surface area contributed by atoms with Crippen molar-refractivity contribution in [1.82, 2.24) is 10.7 Å². The molecule has 98 valence electrons. The summed E-state index contributed by atoms with van der Waals surface area (Å²) in [5.41, 5.74) is 3.69. The van der Waals surface area contributed by atoms with Crippen molar-refractivity contribution in [3.05, 3.63) is 46.3 Å². The van der Waals surface area contributed by atoms with Crippen molar-refractivity contribution in [2.24, 2.45) is 5.10 Å². The Morgan fingerprint density at radius 2 is 2.11 bits per heavy atom. The Morgan fingerprint density at radius 3 is 2.84 bits per heavy atom. The van der Waals surface area contributed by atoms with Gasteiger partial charge in [-0.15, -0.1) is 0 Å². The Morgan fingerprint density at radius 1 is 1.37 bits per heavy atom. The Balaban J connectivity index is 2.42. The molecule has 19 heavy (non-hydrogen) atoms. The zero-order valence-electron chi connectivity index (χ0n) is 10.6. The van der Waals surface area contributed by atoms with Gasteiger partial charge in [0.2, 0.25) is 0 Å². The van der Waals surface area contributed by atoms with Gasteiger partial charge in [-0.2, -0.15) is 5.10 Å². The maximum absolute atomic E-state index is 11.9. The molecule has 6 heteroatoms. The first-order valence-electron chi connectivity index (χ1n) is 5.67. The van der Waals surface area contributed by atoms with Crippen LogP contribution in [-0.4, -0.2) is 17.9 Å². The lowest BCUT2D eigenvalue weighted by atomic mass is 10.1. The van der Waals surface area contributed by atoms with Crippen LogP contribution in [0, 0.1) is 0 Å². The molecule has 0 saturated heterocycles. The standard InChI is InChI=1S/C13H13N3O2S/c1-8(15-16-13(19)14-2)10-7-9-5-3-4-6-11(9)18-12(10)17/h3-7H,1-2H3,(H2,14,16,19)/b15-8-. The number of hydrogen-bond donors (Lipinski definition) is 2. The molecule has 1 heterocycles. The molecule has 2 rings (SSSR count). The Labute approximate surface area is 115 Å². The largest absolute Gasteiger partial charge is 0.422 e. The zero-order chi connectivity index (χ0) is 13.8. The molecular formula is C13H13N3O2S. The summed E-state index contributed by atoms with van der Waals surface area (Å²) in [5.74, 6) is 0. The topological polar surface area (TPSA) is 66.6 Å². The fourth-order valence-corrected chi connectivity index (χ4v) is 1.61. The molecule has 0 bridgehead atoms. The third-order valence-corrected chi connectivity index (χ3v) is 2.88. The van der Waals surface area contributed by atoms with Crippen molar-refractivity contribution in [2.75, 3.05) is 7.05 Å². The summed E-state index contributed by atoms with van der Waals surface area (Å²) in [6.45, 7) is 1.71. The summed E-state index contributed by atoms with van der Waals surface area (Å²) < 4.78 is 5.23. The van der Waals surface area contributed by atoms with Gasteiger partial charge >= 0.3 is 5.63 Å². The number of rotatable bonds is 2. The molecule has 0 aliphatic carbocycles. The van der Waals surface area contributed by atoms with Crippen LogP contribution in [0.25, 0.3) is 11.0 Å². The predicted octanol–water partition coefficient (Wildman–Crippen LogP) is 1.61. The SMILES string of the molecule is CNC(=S)N/N=C(/C)c1cc2ccccc2oc1=O. The molecule has 0 spiro atoms. The van der Waals surface area contributed by atoms with E-state index in [0.29, 0.717) is 22.0 Å². The summed E-state index contributed by atoms with van der Waals surface area (Å²) in [5, 5.41) is 7.99. The second-order valence-electron chi connectivity index (χ2n) is 3.87. The molecule has 1 aromatic heterocycles. The van der Waals surface area contributed by atoms with Gasteiger partial charge in [-0.25, -0.2) is 4.79 Å². The van der Waals surface area contributed by atoms with Crippen LogP contribution in [0.2, 0.25) is 0 Å². The second-order valence-corrected chi connectivity index (χ2v) is 4.28. The van der Waals surface area contributed by atoms with E-state index in [1.807, 2.05) is 18.2 Å². The highest BCUT2D eigenvalue weighted by Gasteiger charge is 2.08. The highest BCUT2D eigenvalue weighted by Crippen LogP contribution is 2.12. The molecule has 5 nitrogen and oxygen atoms in total. The van der Waals surface area contributed by atoms with Crippen LogP contribution in [0.4, 0.5) is 0 Å². The molecule has 0 unspecified atom stereocenters. The van der Waals surface area contributed by atoms with Gasteiger partial charge in [0.1, 0.15) is 5.58 Å². The summed E-state index contributed by atoms with van der Waals surface area (Å²) in [7, 11) is 1.69. The van der Waals surface area contributed by atoms with Crippen LogP contribution >= 0.6 is 12.2 Å². The fraction of sp³-hybridized carbons (Fsp3) is 0.154. The zero-order valence-corrected chi connectivity index (χ0v) is 11.4. The van der Waals surface area contributed by atoms with E-state index < -0.39 is 5.63 Å². The van der Waals surface area contributed by atoms with Crippen LogP contribution in [0.15, 0.2) is 44.6 Å². The summed E-state index contributed by atoms with van der Waals surface area (Å²) in [4.78, 5) is 11.9. The monoisotopic (exact) mass is 275 g/mol. The molecule has 0 amide bonds. The molecule has 0 saturated carbocycles. The highest BCUT2D eigenvalue weighted by molar-refractivity contribution is 7.80. The van der Waals surface area contributed by atoms with E-state index in [-0.39, 0.29) is 0 Å². The quantitative estimate of drug-likeness (QED) is 0.377. The lowest BCUT2D eigenvalue weighted by Gasteiger charge is -2.04. The number of hydrogen-bond acceptors (Lipinski definition) is 4. The van der Waals surface area contributed by atoms with Crippen LogP contribution in [0.1, 0.15) is 12.5 Å². The van der Waals surface area contributed by atoms with Crippen molar-refractivity contribution in [2.45, 2.75) is 6.92 Å². The van der Waals surface area contributed by atoms with E-state index in [2.05, 4.69) is 15.8 Å². The number of nitrogens with one attached hydrogen (secondary N) is 2. The molecule has 0 atom stereocenters. The minimum absolute atomic E-state index is 0.379. The molecule has 2 N–H and O–H groups in total. The maximum atomic E-state index is 11.9. The van der Waals surface area contributed by atoms with Crippen LogP contribution in [-0.2, 0) is 0 Å². The van der Waals surface area contributed by atoms with E-state index >= 15 is 0 Å². The smallest absolute Gasteiger partial charge is 0.345 e. The molecule has 0 aliphatic rings. The maximum Gasteiger partial charge on any atom is 0.345 e. The van der Waals surface area contributed by atoms with Crippen molar-refractivity contribution in [3.63, 3.8) is 0 Å². The van der Waals surface area contributed by atoms with Gasteiger partial charge in [0, 0.05) is 12.4 Å². The number of benzene rings is 1. The highest BCUT2D eigenvalue weighted by atomic mass is 32.1. The van der Waals surface area contributed by atoms with Crippen LogP contribution in [0.5, 0.6) is 0 Å².